The van der Waals surface area contributed by atoms with E-state index in [-0.39, 0.29) is 12.3 Å². The summed E-state index contributed by atoms with van der Waals surface area (Å²) in [6.45, 7) is 0. The highest BCUT2D eigenvalue weighted by Crippen LogP contribution is 2.35. The van der Waals surface area contributed by atoms with Gasteiger partial charge in [-0.15, -0.1) is 11.6 Å². The van der Waals surface area contributed by atoms with E-state index in [1.165, 1.54) is 0 Å². The summed E-state index contributed by atoms with van der Waals surface area (Å²) < 4.78 is 36.6. The maximum absolute atomic E-state index is 12.2. The molecule has 2 nitrogen and oxygen atoms in total. The van der Waals surface area contributed by atoms with Gasteiger partial charge in [0.25, 0.3) is 0 Å². The van der Waals surface area contributed by atoms with Gasteiger partial charge in [0.15, 0.2) is 0 Å². The van der Waals surface area contributed by atoms with Gasteiger partial charge in [-0.3, -0.25) is 4.79 Å². The molecule has 1 atom stereocenters. The third kappa shape index (κ3) is 3.45. The van der Waals surface area contributed by atoms with E-state index in [1.54, 1.807) is 24.1 Å². The van der Waals surface area contributed by atoms with Crippen LogP contribution in [0, 0.1) is 0 Å². The zero-order valence-electron chi connectivity index (χ0n) is 11.0. The lowest BCUT2D eigenvalue weighted by molar-refractivity contribution is -0.135. The Kier molecular flexibility index (Phi) is 4.28. The molecule has 110 valence electrons. The van der Waals surface area contributed by atoms with Gasteiger partial charge < -0.3 is 4.90 Å². The van der Waals surface area contributed by atoms with Crippen LogP contribution < -0.4 is 4.90 Å². The zero-order valence-corrected chi connectivity index (χ0v) is 11.8. The highest BCUT2D eigenvalue weighted by molar-refractivity contribution is 6.20. The summed E-state index contributed by atoms with van der Waals surface area (Å²) in [4.78, 5) is 13.1. The fraction of sp³-hybridized carbons (Fsp3) is 0.500. The van der Waals surface area contributed by atoms with Crippen molar-refractivity contribution in [3.63, 3.8) is 0 Å². The van der Waals surface area contributed by atoms with Crippen molar-refractivity contribution in [2.45, 2.75) is 37.2 Å². The maximum Gasteiger partial charge on any atom is 0.389 e. The number of carbonyl (C=O) groups excluding carboxylic acids is 1. The van der Waals surface area contributed by atoms with Crippen LogP contribution in [0.5, 0.6) is 0 Å². The largest absolute Gasteiger partial charge is 0.389 e. The Hall–Kier alpha value is -1.23. The Balaban J connectivity index is 2.13. The van der Waals surface area contributed by atoms with E-state index in [2.05, 4.69) is 0 Å². The maximum atomic E-state index is 12.2. The molecule has 1 aromatic rings. The average Bonchev–Trinajstić information content (AvgIpc) is 2.39. The Morgan fingerprint density at radius 3 is 2.70 bits per heavy atom. The van der Waals surface area contributed by atoms with E-state index >= 15 is 0 Å². The van der Waals surface area contributed by atoms with Crippen LogP contribution in [0.25, 0.3) is 0 Å². The van der Waals surface area contributed by atoms with Crippen LogP contribution in [0.4, 0.5) is 18.9 Å². The molecule has 1 aliphatic rings. The first-order valence-electron chi connectivity index (χ1n) is 6.38. The van der Waals surface area contributed by atoms with Gasteiger partial charge >= 0.3 is 6.18 Å². The van der Waals surface area contributed by atoms with Crippen LogP contribution in [0.1, 0.15) is 35.8 Å². The van der Waals surface area contributed by atoms with Crippen molar-refractivity contribution in [1.82, 2.24) is 0 Å². The minimum Gasteiger partial charge on any atom is -0.315 e. The SMILES string of the molecule is CN1C(=O)CCc2cc(C(Cl)CCC(F)(F)F)ccc21. The lowest BCUT2D eigenvalue weighted by Gasteiger charge is -2.26. The number of anilines is 1. The predicted molar refractivity (Wildman–Crippen MR) is 72.1 cm³/mol. The van der Waals surface area contributed by atoms with E-state index in [9.17, 15) is 18.0 Å². The van der Waals surface area contributed by atoms with Gasteiger partial charge in [-0.25, -0.2) is 0 Å². The summed E-state index contributed by atoms with van der Waals surface area (Å²) in [5.41, 5.74) is 2.45. The van der Waals surface area contributed by atoms with Gasteiger partial charge in [-0.2, -0.15) is 13.2 Å². The van der Waals surface area contributed by atoms with E-state index in [1.807, 2.05) is 6.07 Å². The lowest BCUT2D eigenvalue weighted by atomic mass is 9.97. The molecule has 0 N–H and O–H groups in total. The molecule has 1 amide bonds. The number of fused-ring (bicyclic) bond motifs is 1. The number of amides is 1. The second-order valence-electron chi connectivity index (χ2n) is 4.96. The molecule has 0 bridgehead atoms. The Morgan fingerprint density at radius 1 is 1.35 bits per heavy atom. The minimum atomic E-state index is -4.19. The first-order chi connectivity index (χ1) is 9.28. The van der Waals surface area contributed by atoms with Gasteiger partial charge in [-0.05, 0) is 30.0 Å². The average molecular weight is 306 g/mol. The number of benzene rings is 1. The number of hydrogen-bond acceptors (Lipinski definition) is 1. The molecule has 1 heterocycles. The van der Waals surface area contributed by atoms with Crippen LogP contribution in [0.15, 0.2) is 18.2 Å². The van der Waals surface area contributed by atoms with Crippen molar-refractivity contribution in [2.24, 2.45) is 0 Å². The van der Waals surface area contributed by atoms with Crippen LogP contribution in [0.2, 0.25) is 0 Å². The number of halogens is 4. The fourth-order valence-corrected chi connectivity index (χ4v) is 2.57. The molecule has 0 spiro atoms. The van der Waals surface area contributed by atoms with E-state index < -0.39 is 18.0 Å². The first kappa shape index (κ1) is 15.2. The smallest absolute Gasteiger partial charge is 0.315 e. The quantitative estimate of drug-likeness (QED) is 0.766. The van der Waals surface area contributed by atoms with E-state index in [4.69, 9.17) is 11.6 Å². The van der Waals surface area contributed by atoms with Gasteiger partial charge in [0.1, 0.15) is 0 Å². The molecule has 1 aliphatic heterocycles. The molecule has 1 aromatic carbocycles. The van der Waals surface area contributed by atoms with E-state index in [0.29, 0.717) is 18.4 Å². The summed E-state index contributed by atoms with van der Waals surface area (Å²) in [6.07, 6.45) is -4.19. The molecule has 0 radical (unpaired) electrons. The van der Waals surface area contributed by atoms with Gasteiger partial charge in [0.2, 0.25) is 5.91 Å². The van der Waals surface area contributed by atoms with Crippen LogP contribution in [0.3, 0.4) is 0 Å². The number of hydrogen-bond donors (Lipinski definition) is 0. The number of carbonyl (C=O) groups is 1. The van der Waals surface area contributed by atoms with Gasteiger partial charge in [-0.1, -0.05) is 12.1 Å². The van der Waals surface area contributed by atoms with Crippen molar-refractivity contribution in [3.8, 4) is 0 Å². The molecule has 0 aromatic heterocycles. The second kappa shape index (κ2) is 5.64. The van der Waals surface area contributed by atoms with Gasteiger partial charge in [0.05, 0.1) is 5.38 Å². The molecule has 2 rings (SSSR count). The third-order valence-electron chi connectivity index (χ3n) is 3.49. The van der Waals surface area contributed by atoms with Crippen LogP contribution in [-0.4, -0.2) is 19.1 Å². The molecule has 1 unspecified atom stereocenters. The van der Waals surface area contributed by atoms with Crippen LogP contribution >= 0.6 is 11.6 Å². The molecule has 0 fully saturated rings. The molecule has 20 heavy (non-hydrogen) atoms. The summed E-state index contributed by atoms with van der Waals surface area (Å²) in [7, 11) is 1.70. The molecule has 6 heteroatoms. The summed E-state index contributed by atoms with van der Waals surface area (Å²) in [6, 6.07) is 5.26. The topological polar surface area (TPSA) is 20.3 Å². The van der Waals surface area contributed by atoms with Crippen molar-refractivity contribution >= 4 is 23.2 Å². The number of aryl methyl sites for hydroxylation is 1. The highest BCUT2D eigenvalue weighted by atomic mass is 35.5. The monoisotopic (exact) mass is 305 g/mol. The van der Waals surface area contributed by atoms with Crippen molar-refractivity contribution in [2.75, 3.05) is 11.9 Å². The Morgan fingerprint density at radius 2 is 2.05 bits per heavy atom. The summed E-state index contributed by atoms with van der Waals surface area (Å²) in [5.74, 6) is 0.0461. The van der Waals surface area contributed by atoms with Crippen molar-refractivity contribution in [1.29, 1.82) is 0 Å². The zero-order chi connectivity index (χ0) is 14.9. The molecular weight excluding hydrogens is 291 g/mol. The van der Waals surface area contributed by atoms with Crippen LogP contribution in [-0.2, 0) is 11.2 Å². The summed E-state index contributed by atoms with van der Waals surface area (Å²) in [5, 5.41) is -0.662. The lowest BCUT2D eigenvalue weighted by Crippen LogP contribution is -2.31. The Labute approximate surface area is 120 Å². The molecule has 0 saturated heterocycles. The predicted octanol–water partition coefficient (Wildman–Crippen LogP) is 4.22. The highest BCUT2D eigenvalue weighted by Gasteiger charge is 2.28. The normalized spacial score (nSPS) is 17.1. The van der Waals surface area contributed by atoms with Crippen molar-refractivity contribution < 1.29 is 18.0 Å². The fourth-order valence-electron chi connectivity index (χ4n) is 2.33. The van der Waals surface area contributed by atoms with E-state index in [0.717, 1.165) is 11.3 Å². The number of alkyl halides is 4. The molecule has 0 saturated carbocycles. The Bertz CT molecular complexity index is 516. The standard InChI is InChI=1S/C14H15ClF3NO/c1-19-12-4-2-9(8-10(12)3-5-13(19)20)11(15)6-7-14(16,17)18/h2,4,8,11H,3,5-7H2,1H3. The minimum absolute atomic E-state index is 0.0461. The number of rotatable bonds is 3. The van der Waals surface area contributed by atoms with Crippen molar-refractivity contribution in [3.05, 3.63) is 29.3 Å². The number of nitrogens with zero attached hydrogens (tertiary/aromatic N) is 1. The van der Waals surface area contributed by atoms with Gasteiger partial charge in [0, 0.05) is 25.6 Å². The first-order valence-corrected chi connectivity index (χ1v) is 6.82. The molecule has 0 aliphatic carbocycles. The second-order valence-corrected chi connectivity index (χ2v) is 5.49. The third-order valence-corrected chi connectivity index (χ3v) is 3.96. The molecular formula is C14H15ClF3NO. The summed E-state index contributed by atoms with van der Waals surface area (Å²) >= 11 is 6.04.